The van der Waals surface area contributed by atoms with Crippen molar-refractivity contribution in [2.75, 3.05) is 6.54 Å². The third-order valence-electron chi connectivity index (χ3n) is 2.93. The van der Waals surface area contributed by atoms with Crippen LogP contribution in [-0.2, 0) is 5.75 Å². The molecule has 0 bridgehead atoms. The quantitative estimate of drug-likeness (QED) is 0.859. The highest BCUT2D eigenvalue weighted by atomic mass is 32.2. The number of hydrogen-bond donors (Lipinski definition) is 1. The zero-order valence-electron chi connectivity index (χ0n) is 12.1. The van der Waals surface area contributed by atoms with Gasteiger partial charge in [0.25, 0.3) is 5.91 Å². The standard InChI is InChI=1S/C18H19NOS/c1-2-19-18(20)17-10-6-9-16(13-17)14-21-12-11-15-7-4-3-5-8-15/h3-13H,2,14H2,1H3,(H,19,20). The molecule has 0 aliphatic heterocycles. The molecule has 0 fully saturated rings. The van der Waals surface area contributed by atoms with Gasteiger partial charge in [-0.3, -0.25) is 4.79 Å². The summed E-state index contributed by atoms with van der Waals surface area (Å²) in [6.45, 7) is 2.57. The number of thioether (sulfide) groups is 1. The van der Waals surface area contributed by atoms with Gasteiger partial charge in [0.05, 0.1) is 0 Å². The van der Waals surface area contributed by atoms with E-state index in [1.807, 2.05) is 49.4 Å². The van der Waals surface area contributed by atoms with Gasteiger partial charge in [-0.05, 0) is 41.7 Å². The Bertz CT molecular complexity index is 608. The van der Waals surface area contributed by atoms with E-state index in [9.17, 15) is 4.79 Å². The predicted octanol–water partition coefficient (Wildman–Crippen LogP) is 4.34. The summed E-state index contributed by atoms with van der Waals surface area (Å²) in [4.78, 5) is 11.8. The number of carbonyl (C=O) groups is 1. The number of rotatable bonds is 6. The zero-order valence-corrected chi connectivity index (χ0v) is 12.9. The van der Waals surface area contributed by atoms with E-state index < -0.39 is 0 Å². The SMILES string of the molecule is CCNC(=O)c1cccc(CSC=Cc2ccccc2)c1. The van der Waals surface area contributed by atoms with E-state index in [2.05, 4.69) is 28.9 Å². The molecule has 0 spiro atoms. The summed E-state index contributed by atoms with van der Waals surface area (Å²) < 4.78 is 0. The maximum atomic E-state index is 11.8. The van der Waals surface area contributed by atoms with E-state index in [1.165, 1.54) is 5.56 Å². The molecule has 3 heteroatoms. The molecule has 0 unspecified atom stereocenters. The maximum absolute atomic E-state index is 11.8. The molecule has 2 aromatic carbocycles. The molecule has 0 atom stereocenters. The minimum absolute atomic E-state index is 0.0100. The fourth-order valence-corrected chi connectivity index (χ4v) is 2.62. The van der Waals surface area contributed by atoms with Crippen molar-refractivity contribution in [3.63, 3.8) is 0 Å². The van der Waals surface area contributed by atoms with E-state index in [0.29, 0.717) is 6.54 Å². The topological polar surface area (TPSA) is 29.1 Å². The molecule has 0 aromatic heterocycles. The van der Waals surface area contributed by atoms with Crippen molar-refractivity contribution in [2.24, 2.45) is 0 Å². The lowest BCUT2D eigenvalue weighted by atomic mass is 10.1. The monoisotopic (exact) mass is 297 g/mol. The third kappa shape index (κ3) is 5.12. The Balaban J connectivity index is 1.90. The van der Waals surface area contributed by atoms with Crippen molar-refractivity contribution in [1.29, 1.82) is 0 Å². The number of amides is 1. The first-order valence-corrected chi connectivity index (χ1v) is 8.05. The van der Waals surface area contributed by atoms with Gasteiger partial charge in [0.1, 0.15) is 0 Å². The molecule has 0 saturated carbocycles. The van der Waals surface area contributed by atoms with Crippen LogP contribution in [0.3, 0.4) is 0 Å². The van der Waals surface area contributed by atoms with Crippen LogP contribution in [0.15, 0.2) is 60.0 Å². The second kappa shape index (κ2) is 8.32. The molecular formula is C18H19NOS. The van der Waals surface area contributed by atoms with Crippen molar-refractivity contribution in [2.45, 2.75) is 12.7 Å². The molecular weight excluding hydrogens is 278 g/mol. The van der Waals surface area contributed by atoms with Crippen LogP contribution in [0.4, 0.5) is 0 Å². The summed E-state index contributed by atoms with van der Waals surface area (Å²) in [5.41, 5.74) is 3.07. The summed E-state index contributed by atoms with van der Waals surface area (Å²) in [5.74, 6) is 0.848. The molecule has 21 heavy (non-hydrogen) atoms. The smallest absolute Gasteiger partial charge is 0.251 e. The van der Waals surface area contributed by atoms with Crippen molar-refractivity contribution in [3.05, 3.63) is 76.7 Å². The first-order valence-electron chi connectivity index (χ1n) is 7.00. The number of hydrogen-bond acceptors (Lipinski definition) is 2. The second-order valence-electron chi connectivity index (χ2n) is 4.58. The van der Waals surface area contributed by atoms with Gasteiger partial charge in [-0.2, -0.15) is 0 Å². The number of carbonyl (C=O) groups excluding carboxylic acids is 1. The van der Waals surface area contributed by atoms with Crippen LogP contribution in [-0.4, -0.2) is 12.5 Å². The molecule has 0 heterocycles. The summed E-state index contributed by atoms with van der Waals surface area (Å²) in [7, 11) is 0. The van der Waals surface area contributed by atoms with Crippen LogP contribution >= 0.6 is 11.8 Å². The molecule has 0 radical (unpaired) electrons. The van der Waals surface area contributed by atoms with E-state index in [-0.39, 0.29) is 5.91 Å². The van der Waals surface area contributed by atoms with E-state index in [0.717, 1.165) is 16.9 Å². The van der Waals surface area contributed by atoms with Crippen LogP contribution in [0.2, 0.25) is 0 Å². The minimum Gasteiger partial charge on any atom is -0.352 e. The number of nitrogens with one attached hydrogen (secondary N) is 1. The highest BCUT2D eigenvalue weighted by Gasteiger charge is 2.04. The fraction of sp³-hybridized carbons (Fsp3) is 0.167. The van der Waals surface area contributed by atoms with Gasteiger partial charge in [0.15, 0.2) is 0 Å². The van der Waals surface area contributed by atoms with Crippen molar-refractivity contribution < 1.29 is 4.79 Å². The minimum atomic E-state index is -0.0100. The van der Waals surface area contributed by atoms with Crippen LogP contribution in [0.5, 0.6) is 0 Å². The maximum Gasteiger partial charge on any atom is 0.251 e. The van der Waals surface area contributed by atoms with Crippen molar-refractivity contribution >= 4 is 23.7 Å². The molecule has 2 nitrogen and oxygen atoms in total. The van der Waals surface area contributed by atoms with E-state index in [1.54, 1.807) is 11.8 Å². The summed E-state index contributed by atoms with van der Waals surface area (Å²) >= 11 is 1.72. The molecule has 2 aromatic rings. The van der Waals surface area contributed by atoms with Crippen LogP contribution in [0, 0.1) is 0 Å². The Morgan fingerprint density at radius 2 is 1.95 bits per heavy atom. The van der Waals surface area contributed by atoms with Crippen molar-refractivity contribution in [3.8, 4) is 0 Å². The lowest BCUT2D eigenvalue weighted by Gasteiger charge is -2.04. The van der Waals surface area contributed by atoms with Crippen molar-refractivity contribution in [1.82, 2.24) is 5.32 Å². The van der Waals surface area contributed by atoms with Gasteiger partial charge in [0.2, 0.25) is 0 Å². The highest BCUT2D eigenvalue weighted by Crippen LogP contribution is 2.16. The average molecular weight is 297 g/mol. The lowest BCUT2D eigenvalue weighted by molar-refractivity contribution is 0.0955. The van der Waals surface area contributed by atoms with Crippen LogP contribution < -0.4 is 5.32 Å². The normalized spacial score (nSPS) is 10.7. The van der Waals surface area contributed by atoms with Gasteiger partial charge in [-0.25, -0.2) is 0 Å². The number of benzene rings is 2. The molecule has 108 valence electrons. The Morgan fingerprint density at radius 1 is 1.14 bits per heavy atom. The van der Waals surface area contributed by atoms with Gasteiger partial charge in [0, 0.05) is 17.9 Å². The molecule has 1 amide bonds. The Kier molecular flexibility index (Phi) is 6.10. The first-order chi connectivity index (χ1) is 10.3. The Hall–Kier alpha value is -2.00. The molecule has 0 aliphatic carbocycles. The second-order valence-corrected chi connectivity index (χ2v) is 5.48. The predicted molar refractivity (Wildman–Crippen MR) is 91.2 cm³/mol. The third-order valence-corrected chi connectivity index (χ3v) is 3.76. The highest BCUT2D eigenvalue weighted by molar-refractivity contribution is 8.01. The summed E-state index contributed by atoms with van der Waals surface area (Å²) in [5, 5.41) is 4.91. The van der Waals surface area contributed by atoms with Gasteiger partial charge in [-0.1, -0.05) is 42.5 Å². The Morgan fingerprint density at radius 3 is 2.71 bits per heavy atom. The average Bonchev–Trinajstić information content (AvgIpc) is 2.53. The molecule has 0 aliphatic rings. The largest absolute Gasteiger partial charge is 0.352 e. The molecule has 2 rings (SSSR count). The van der Waals surface area contributed by atoms with Gasteiger partial charge >= 0.3 is 0 Å². The van der Waals surface area contributed by atoms with Crippen LogP contribution in [0.25, 0.3) is 6.08 Å². The summed E-state index contributed by atoms with van der Waals surface area (Å²) in [6, 6.07) is 18.0. The summed E-state index contributed by atoms with van der Waals surface area (Å²) in [6.07, 6.45) is 2.10. The molecule has 0 saturated heterocycles. The first kappa shape index (κ1) is 15.4. The van der Waals surface area contributed by atoms with E-state index in [4.69, 9.17) is 0 Å². The van der Waals surface area contributed by atoms with Gasteiger partial charge in [-0.15, -0.1) is 11.8 Å². The lowest BCUT2D eigenvalue weighted by Crippen LogP contribution is -2.22. The van der Waals surface area contributed by atoms with E-state index >= 15 is 0 Å². The Labute approximate surface area is 130 Å². The van der Waals surface area contributed by atoms with Crippen LogP contribution in [0.1, 0.15) is 28.4 Å². The van der Waals surface area contributed by atoms with Gasteiger partial charge < -0.3 is 5.32 Å². The molecule has 1 N–H and O–H groups in total. The fourth-order valence-electron chi connectivity index (χ4n) is 1.90. The zero-order chi connectivity index (χ0) is 14.9.